The van der Waals surface area contributed by atoms with Gasteiger partial charge in [-0.1, -0.05) is 29.8 Å². The normalized spacial score (nSPS) is 12.9. The van der Waals surface area contributed by atoms with Crippen molar-refractivity contribution in [2.75, 3.05) is 11.9 Å². The number of carbonyl (C=O) groups excluding carboxylic acids is 3. The predicted octanol–water partition coefficient (Wildman–Crippen LogP) is 3.19. The van der Waals surface area contributed by atoms with Gasteiger partial charge in [0.05, 0.1) is 6.42 Å². The Bertz CT molecular complexity index is 847. The number of fused-ring (bicyclic) bond motifs is 1. The maximum absolute atomic E-state index is 12.2. The van der Waals surface area contributed by atoms with E-state index in [4.69, 9.17) is 16.3 Å². The lowest BCUT2D eigenvalue weighted by Crippen LogP contribution is -2.20. The Morgan fingerprint density at radius 3 is 2.72 bits per heavy atom. The van der Waals surface area contributed by atoms with E-state index < -0.39 is 5.97 Å². The first kappa shape index (κ1) is 17.2. The number of halogens is 1. The minimum absolute atomic E-state index is 0.0170. The molecule has 0 spiro atoms. The Hall–Kier alpha value is -2.66. The zero-order valence-electron chi connectivity index (χ0n) is 13.4. The Labute approximate surface area is 149 Å². The van der Waals surface area contributed by atoms with Crippen LogP contribution < -0.4 is 5.32 Å². The SMILES string of the molecule is O=C1CCc2cc(C(=O)COC(=O)Cc3ccccc3Cl)ccc2N1. The molecule has 1 amide bonds. The van der Waals surface area contributed by atoms with Crippen LogP contribution in [0.5, 0.6) is 0 Å². The van der Waals surface area contributed by atoms with Gasteiger partial charge in [-0.05, 0) is 41.8 Å². The molecule has 25 heavy (non-hydrogen) atoms. The van der Waals surface area contributed by atoms with Gasteiger partial charge in [0.25, 0.3) is 0 Å². The van der Waals surface area contributed by atoms with Gasteiger partial charge in [-0.2, -0.15) is 0 Å². The molecule has 0 aromatic heterocycles. The second kappa shape index (κ2) is 7.49. The minimum atomic E-state index is -0.508. The number of rotatable bonds is 5. The summed E-state index contributed by atoms with van der Waals surface area (Å²) < 4.78 is 5.06. The van der Waals surface area contributed by atoms with Gasteiger partial charge in [-0.3, -0.25) is 14.4 Å². The molecule has 1 aliphatic rings. The van der Waals surface area contributed by atoms with Gasteiger partial charge in [0.2, 0.25) is 5.91 Å². The highest BCUT2D eigenvalue weighted by Gasteiger charge is 2.17. The lowest BCUT2D eigenvalue weighted by atomic mass is 9.99. The maximum Gasteiger partial charge on any atom is 0.310 e. The maximum atomic E-state index is 12.2. The van der Waals surface area contributed by atoms with Gasteiger partial charge in [-0.15, -0.1) is 0 Å². The molecule has 0 saturated carbocycles. The summed E-state index contributed by atoms with van der Waals surface area (Å²) in [5, 5.41) is 3.25. The number of Topliss-reactive ketones (excluding diaryl/α,β-unsaturated/α-hetero) is 1. The van der Waals surface area contributed by atoms with E-state index in [1.54, 1.807) is 42.5 Å². The Balaban J connectivity index is 1.58. The monoisotopic (exact) mass is 357 g/mol. The molecule has 1 N–H and O–H groups in total. The molecule has 0 fully saturated rings. The molecular weight excluding hydrogens is 342 g/mol. The summed E-state index contributed by atoms with van der Waals surface area (Å²) in [6.45, 7) is -0.325. The second-order valence-corrected chi connectivity index (χ2v) is 6.18. The van der Waals surface area contributed by atoms with Crippen LogP contribution in [-0.2, 0) is 27.2 Å². The zero-order chi connectivity index (χ0) is 17.8. The molecule has 0 unspecified atom stereocenters. The molecule has 0 radical (unpaired) electrons. The third-order valence-corrected chi connectivity index (χ3v) is 4.35. The van der Waals surface area contributed by atoms with Crippen molar-refractivity contribution >= 4 is 34.9 Å². The average Bonchev–Trinajstić information content (AvgIpc) is 2.61. The van der Waals surface area contributed by atoms with Gasteiger partial charge in [-0.25, -0.2) is 0 Å². The largest absolute Gasteiger partial charge is 0.457 e. The summed E-state index contributed by atoms with van der Waals surface area (Å²) in [7, 11) is 0. The summed E-state index contributed by atoms with van der Waals surface area (Å²) in [4.78, 5) is 35.5. The molecule has 2 aromatic rings. The number of nitrogens with one attached hydrogen (secondary N) is 1. The van der Waals surface area contributed by atoms with Gasteiger partial charge >= 0.3 is 5.97 Å². The van der Waals surface area contributed by atoms with Crippen LogP contribution in [0.4, 0.5) is 5.69 Å². The Morgan fingerprint density at radius 2 is 1.92 bits per heavy atom. The molecule has 1 aliphatic heterocycles. The van der Waals surface area contributed by atoms with Crippen molar-refractivity contribution in [3.05, 3.63) is 64.2 Å². The number of aryl methyl sites for hydroxylation is 1. The molecule has 1 heterocycles. The summed E-state index contributed by atoms with van der Waals surface area (Å²) in [5.74, 6) is -0.820. The van der Waals surface area contributed by atoms with Crippen molar-refractivity contribution in [3.63, 3.8) is 0 Å². The smallest absolute Gasteiger partial charge is 0.310 e. The van der Waals surface area contributed by atoms with E-state index in [-0.39, 0.29) is 24.7 Å². The Morgan fingerprint density at radius 1 is 1.12 bits per heavy atom. The highest BCUT2D eigenvalue weighted by atomic mass is 35.5. The van der Waals surface area contributed by atoms with Crippen LogP contribution >= 0.6 is 11.6 Å². The van der Waals surface area contributed by atoms with Crippen LogP contribution in [0.15, 0.2) is 42.5 Å². The lowest BCUT2D eigenvalue weighted by Gasteiger charge is -2.17. The fourth-order valence-corrected chi connectivity index (χ4v) is 2.84. The highest BCUT2D eigenvalue weighted by molar-refractivity contribution is 6.31. The van der Waals surface area contributed by atoms with Crippen molar-refractivity contribution in [1.82, 2.24) is 0 Å². The second-order valence-electron chi connectivity index (χ2n) is 5.77. The van der Waals surface area contributed by atoms with Crippen LogP contribution in [-0.4, -0.2) is 24.3 Å². The zero-order valence-corrected chi connectivity index (χ0v) is 14.1. The van der Waals surface area contributed by atoms with Gasteiger partial charge in [0.1, 0.15) is 0 Å². The molecule has 0 aliphatic carbocycles. The van der Waals surface area contributed by atoms with Gasteiger partial charge in [0.15, 0.2) is 12.4 Å². The first-order chi connectivity index (χ1) is 12.0. The molecule has 3 rings (SSSR count). The van der Waals surface area contributed by atoms with E-state index in [0.717, 1.165) is 11.3 Å². The number of amides is 1. The number of ether oxygens (including phenoxy) is 1. The van der Waals surface area contributed by atoms with Crippen LogP contribution in [0.25, 0.3) is 0 Å². The Kier molecular flexibility index (Phi) is 5.14. The number of carbonyl (C=O) groups is 3. The van der Waals surface area contributed by atoms with Crippen molar-refractivity contribution in [2.24, 2.45) is 0 Å². The number of anilines is 1. The average molecular weight is 358 g/mol. The first-order valence-corrected chi connectivity index (χ1v) is 8.26. The molecule has 128 valence electrons. The highest BCUT2D eigenvalue weighted by Crippen LogP contribution is 2.23. The molecule has 2 aromatic carbocycles. The molecular formula is C19H16ClNO4. The van der Waals surface area contributed by atoms with Crippen LogP contribution in [0.1, 0.15) is 27.9 Å². The molecule has 6 heteroatoms. The van der Waals surface area contributed by atoms with E-state index >= 15 is 0 Å². The van der Waals surface area contributed by atoms with Crippen molar-refractivity contribution < 1.29 is 19.1 Å². The first-order valence-electron chi connectivity index (χ1n) is 7.88. The topological polar surface area (TPSA) is 72.5 Å². The third kappa shape index (κ3) is 4.25. The summed E-state index contributed by atoms with van der Waals surface area (Å²) >= 11 is 6.00. The van der Waals surface area contributed by atoms with E-state index in [2.05, 4.69) is 5.32 Å². The van der Waals surface area contributed by atoms with Crippen molar-refractivity contribution in [3.8, 4) is 0 Å². The van der Waals surface area contributed by atoms with Crippen molar-refractivity contribution in [2.45, 2.75) is 19.3 Å². The van der Waals surface area contributed by atoms with Gasteiger partial charge in [0, 0.05) is 22.7 Å². The summed E-state index contributed by atoms with van der Waals surface area (Å²) in [5.41, 5.74) is 2.75. The molecule has 0 saturated heterocycles. The molecule has 5 nitrogen and oxygen atoms in total. The van der Waals surface area contributed by atoms with E-state index in [1.807, 2.05) is 0 Å². The minimum Gasteiger partial charge on any atom is -0.457 e. The van der Waals surface area contributed by atoms with Crippen LogP contribution in [0.2, 0.25) is 5.02 Å². The van der Waals surface area contributed by atoms with Crippen LogP contribution in [0, 0.1) is 0 Å². The standard InChI is InChI=1S/C19H16ClNO4/c20-15-4-2-1-3-12(15)10-19(24)25-11-17(22)14-5-7-16-13(9-14)6-8-18(23)21-16/h1-5,7,9H,6,8,10-11H2,(H,21,23). The number of hydrogen-bond donors (Lipinski definition) is 1. The fraction of sp³-hybridized carbons (Fsp3) is 0.211. The van der Waals surface area contributed by atoms with E-state index in [1.165, 1.54) is 0 Å². The number of hydrogen-bond acceptors (Lipinski definition) is 4. The van der Waals surface area contributed by atoms with Crippen LogP contribution in [0.3, 0.4) is 0 Å². The summed E-state index contributed by atoms with van der Waals surface area (Å²) in [6, 6.07) is 12.0. The van der Waals surface area contributed by atoms with E-state index in [9.17, 15) is 14.4 Å². The fourth-order valence-electron chi connectivity index (χ4n) is 2.63. The quantitative estimate of drug-likeness (QED) is 0.659. The number of ketones is 1. The van der Waals surface area contributed by atoms with Gasteiger partial charge < -0.3 is 10.1 Å². The number of esters is 1. The summed E-state index contributed by atoms with van der Waals surface area (Å²) in [6.07, 6.45) is 1.01. The predicted molar refractivity (Wildman–Crippen MR) is 93.8 cm³/mol. The van der Waals surface area contributed by atoms with Crippen molar-refractivity contribution in [1.29, 1.82) is 0 Å². The van der Waals surface area contributed by atoms with E-state index in [0.29, 0.717) is 29.0 Å². The number of benzene rings is 2. The molecule has 0 atom stereocenters. The third-order valence-electron chi connectivity index (χ3n) is 3.98. The molecule has 0 bridgehead atoms. The lowest BCUT2D eigenvalue weighted by molar-refractivity contribution is -0.141.